The molecular formula is C61H67N23O12. The molecule has 9 heterocycles. The summed E-state index contributed by atoms with van der Waals surface area (Å²) in [5.41, 5.74) is 8.68. The highest BCUT2D eigenvalue weighted by Crippen LogP contribution is 2.23. The highest BCUT2D eigenvalue weighted by atomic mass is 16.5. The lowest BCUT2D eigenvalue weighted by molar-refractivity contribution is -0.117. The average Bonchev–Trinajstić information content (AvgIpc) is 1.72. The SMILES string of the molecule is Cn1cc2cc1C(=O)NC[C@H](N)CC(=O)Nc1cn(C)c(n1)C(=O)Nc1cc(n(C)c1)C(=O)Nc1cc(n(C)c1)C(=O)Nc1cc(n(C)c1)C(=O)NC[C@H](NC(=O)OCc1ccccc1)CC(=O)Nc1cn(C)c(n1)C(=O)Nc1cn(C)c(n1)C(=O)Nc1cc(n(C)c1)C(=O)N2. The van der Waals surface area contributed by atoms with Crippen LogP contribution in [-0.2, 0) is 77.3 Å². The number of nitrogens with one attached hydrogen (secondary N) is 11. The number of carbonyl (C=O) groups excluding carboxylic acids is 11. The third kappa shape index (κ3) is 15.7. The van der Waals surface area contributed by atoms with E-state index in [2.05, 4.69) is 73.4 Å². The lowest BCUT2D eigenvalue weighted by Gasteiger charge is -2.19. The number of anilines is 8. The number of alkyl carbamates (subject to hydrolysis) is 1. The molecule has 1 aliphatic heterocycles. The van der Waals surface area contributed by atoms with Crippen LogP contribution in [0.1, 0.15) is 103 Å². The van der Waals surface area contributed by atoms with Gasteiger partial charge in [0.25, 0.3) is 47.3 Å². The fourth-order valence-electron chi connectivity index (χ4n) is 10.3. The van der Waals surface area contributed by atoms with Crippen LogP contribution < -0.4 is 64.2 Å². The second-order valence-corrected chi connectivity index (χ2v) is 22.6. The number of carbonyl (C=O) groups is 11. The first-order chi connectivity index (χ1) is 45.7. The number of imidazole rings is 3. The smallest absolute Gasteiger partial charge is 0.407 e. The zero-order valence-corrected chi connectivity index (χ0v) is 53.0. The molecule has 9 aromatic rings. The molecule has 0 saturated carbocycles. The Balaban J connectivity index is 0.854. The number of rotatable bonds is 3. The predicted octanol–water partition coefficient (Wildman–Crippen LogP) is 2.55. The van der Waals surface area contributed by atoms with Crippen molar-refractivity contribution in [2.24, 2.45) is 62.1 Å². The first kappa shape index (κ1) is 66.1. The molecule has 35 heteroatoms. The summed E-state index contributed by atoms with van der Waals surface area (Å²) in [6, 6.07) is 14.0. The highest BCUT2D eigenvalue weighted by molar-refractivity contribution is 6.10. The van der Waals surface area contributed by atoms with Gasteiger partial charge in [-0.05, 0) is 35.9 Å². The first-order valence-corrected chi connectivity index (χ1v) is 29.4. The maximum Gasteiger partial charge on any atom is 0.407 e. The Morgan fingerprint density at radius 2 is 0.760 bits per heavy atom. The molecule has 13 N–H and O–H groups in total. The van der Waals surface area contributed by atoms with E-state index in [0.29, 0.717) is 5.56 Å². The quantitative estimate of drug-likeness (QED) is 0.121. The van der Waals surface area contributed by atoms with E-state index in [0.717, 1.165) is 0 Å². The van der Waals surface area contributed by atoms with E-state index in [-0.39, 0.29) is 118 Å². The topological polar surface area (TPSA) is 433 Å². The van der Waals surface area contributed by atoms with Crippen LogP contribution in [0.3, 0.4) is 0 Å². The molecule has 11 amide bonds. The van der Waals surface area contributed by atoms with Gasteiger partial charge in [-0.3, -0.25) is 47.9 Å². The van der Waals surface area contributed by atoms with Gasteiger partial charge in [0.05, 0.1) is 34.5 Å². The van der Waals surface area contributed by atoms with Crippen molar-refractivity contribution in [2.75, 3.05) is 55.6 Å². The third-order valence-electron chi connectivity index (χ3n) is 14.9. The Labute approximate surface area is 545 Å². The van der Waals surface area contributed by atoms with Crippen LogP contribution >= 0.6 is 0 Å². The third-order valence-corrected chi connectivity index (χ3v) is 14.9. The normalized spacial score (nSPS) is 16.1. The van der Waals surface area contributed by atoms with Gasteiger partial charge < -0.3 is 105 Å². The van der Waals surface area contributed by atoms with Crippen molar-refractivity contribution in [2.45, 2.75) is 31.5 Å². The Kier molecular flexibility index (Phi) is 19.3. The number of benzene rings is 1. The second kappa shape index (κ2) is 28.0. The van der Waals surface area contributed by atoms with E-state index >= 15 is 0 Å². The largest absolute Gasteiger partial charge is 0.445 e. The minimum atomic E-state index is -1.08. The molecule has 0 unspecified atom stereocenters. The van der Waals surface area contributed by atoms with Crippen molar-refractivity contribution in [3.8, 4) is 0 Å². The molecule has 0 fully saturated rings. The minimum Gasteiger partial charge on any atom is -0.445 e. The Hall–Kier alpha value is -12.8. The molecule has 10 rings (SSSR count). The van der Waals surface area contributed by atoms with Crippen molar-refractivity contribution >= 4 is 111 Å². The molecular weight excluding hydrogens is 1250 g/mol. The number of nitrogens with two attached hydrogens (primary N) is 1. The first-order valence-electron chi connectivity index (χ1n) is 29.4. The van der Waals surface area contributed by atoms with E-state index in [1.165, 1.54) is 138 Å². The molecule has 1 aliphatic rings. The fourth-order valence-corrected chi connectivity index (χ4v) is 10.3. The Bertz CT molecular complexity index is 4570. The molecule has 2 atom stereocenters. The van der Waals surface area contributed by atoms with Crippen LogP contribution in [0.5, 0.6) is 0 Å². The summed E-state index contributed by atoms with van der Waals surface area (Å²) in [6.45, 7) is -0.539. The van der Waals surface area contributed by atoms with Crippen LogP contribution in [-0.4, -0.2) is 142 Å². The van der Waals surface area contributed by atoms with E-state index < -0.39 is 83.7 Å². The maximum atomic E-state index is 13.8. The van der Waals surface area contributed by atoms with E-state index in [9.17, 15) is 52.7 Å². The van der Waals surface area contributed by atoms with Crippen molar-refractivity contribution in [1.29, 1.82) is 0 Å². The van der Waals surface area contributed by atoms with E-state index in [1.807, 2.05) is 0 Å². The molecule has 16 bridgehead atoms. The van der Waals surface area contributed by atoms with Gasteiger partial charge >= 0.3 is 6.09 Å². The Morgan fingerprint density at radius 1 is 0.427 bits per heavy atom. The molecule has 8 aromatic heterocycles. The molecule has 0 radical (unpaired) electrons. The number of amides is 11. The molecule has 0 saturated heterocycles. The summed E-state index contributed by atoms with van der Waals surface area (Å²) in [6.07, 6.45) is 10.1. The average molecular weight is 1310 g/mol. The van der Waals surface area contributed by atoms with Gasteiger partial charge in [0.1, 0.15) is 35.1 Å². The number of nitrogens with zero attached hydrogens (tertiary/aromatic N) is 11. The molecule has 0 aliphatic carbocycles. The number of fused-ring (bicyclic) bond motifs is 16. The lowest BCUT2D eigenvalue weighted by atomic mass is 10.2. The van der Waals surface area contributed by atoms with E-state index in [4.69, 9.17) is 10.5 Å². The van der Waals surface area contributed by atoms with Crippen molar-refractivity contribution < 1.29 is 57.5 Å². The number of aromatic nitrogens is 11. The van der Waals surface area contributed by atoms with Gasteiger partial charge in [-0.25, -0.2) is 19.7 Å². The highest BCUT2D eigenvalue weighted by Gasteiger charge is 2.27. The number of hydrogen-bond donors (Lipinski definition) is 12. The molecule has 498 valence electrons. The molecule has 1 aromatic carbocycles. The van der Waals surface area contributed by atoms with Gasteiger partial charge in [-0.1, -0.05) is 30.3 Å². The van der Waals surface area contributed by atoms with Gasteiger partial charge in [-0.15, -0.1) is 0 Å². The summed E-state index contributed by atoms with van der Waals surface area (Å²) < 4.78 is 16.8. The monoisotopic (exact) mass is 1310 g/mol. The van der Waals surface area contributed by atoms with Crippen molar-refractivity contribution in [3.05, 3.63) is 162 Å². The number of hydrogen-bond acceptors (Lipinski definition) is 16. The lowest BCUT2D eigenvalue weighted by Crippen LogP contribution is -2.45. The number of aryl methyl sites for hydroxylation is 8. The summed E-state index contributed by atoms with van der Waals surface area (Å²) in [7, 11) is 12.5. The van der Waals surface area contributed by atoms with Gasteiger partial charge in [-0.2, -0.15) is 0 Å². The van der Waals surface area contributed by atoms with Crippen LogP contribution in [0, 0.1) is 0 Å². The van der Waals surface area contributed by atoms with Crippen molar-refractivity contribution in [3.63, 3.8) is 0 Å². The van der Waals surface area contributed by atoms with Gasteiger partial charge in [0, 0.05) is 138 Å². The summed E-state index contributed by atoms with van der Waals surface area (Å²) >= 11 is 0. The van der Waals surface area contributed by atoms with Crippen LogP contribution in [0.15, 0.2) is 110 Å². The van der Waals surface area contributed by atoms with Crippen LogP contribution in [0.25, 0.3) is 0 Å². The zero-order valence-electron chi connectivity index (χ0n) is 53.0. The maximum absolute atomic E-state index is 13.8. The summed E-state index contributed by atoms with van der Waals surface area (Å²) in [5, 5.41) is 29.5. The Morgan fingerprint density at radius 3 is 1.16 bits per heavy atom. The van der Waals surface area contributed by atoms with E-state index in [1.54, 1.807) is 65.6 Å². The minimum absolute atomic E-state index is 0.0325. The number of ether oxygens (including phenoxy) is 1. The van der Waals surface area contributed by atoms with Crippen LogP contribution in [0.2, 0.25) is 0 Å². The predicted molar refractivity (Wildman–Crippen MR) is 347 cm³/mol. The standard InChI is InChI=1S/C61H67N23O12/c1-77-23-35-15-40(77)53(87)63-21-33(62)14-48(85)71-45-28-82(6)50(73-45)58(92)68-38-18-44(81(5)26-38)57(91)67-37-17-42(79(3)25-37)55(89)66-36-16-41(78(2)24-36)54(88)64-22-34(70-61(95)96-31-32-12-10-9-11-13-32)20-49(86)72-46-29-83(7)52(74-46)60(94)76-47-30-84(8)51(75-47)59(93)69-39-19-43(56(90)65-35)80(4)27-39/h9-13,15-19,23-30,33-34H,14,20-22,31,62H2,1-8H3,(H,63,87)(H,64,88)(H,65,90)(H,66,89)(H,67,91)(H,68,92)(H,69,93)(H,70,95)(H,71,85)(H,72,86)(H,76,94)/t33-,34-/m1/s1. The summed E-state index contributed by atoms with van der Waals surface area (Å²) in [4.78, 5) is 162. The van der Waals surface area contributed by atoms with Gasteiger partial charge in [0.15, 0.2) is 17.5 Å². The van der Waals surface area contributed by atoms with Gasteiger partial charge in [0.2, 0.25) is 29.3 Å². The van der Waals surface area contributed by atoms with Crippen LogP contribution in [0.4, 0.5) is 50.7 Å². The molecule has 96 heavy (non-hydrogen) atoms. The summed E-state index contributed by atoms with van der Waals surface area (Å²) in [5.74, 6) is -6.86. The molecule has 0 spiro atoms. The molecule has 35 nitrogen and oxygen atoms in total. The zero-order chi connectivity index (χ0) is 68.8. The van der Waals surface area contributed by atoms with Crippen molar-refractivity contribution in [1.82, 2.24) is 67.4 Å². The fraction of sp³-hybridized carbons (Fsp3) is 0.246. The second-order valence-electron chi connectivity index (χ2n) is 22.6.